The minimum Gasteiger partial charge on any atom is -0.383 e. The van der Waals surface area contributed by atoms with E-state index in [1.807, 2.05) is 25.1 Å². The van der Waals surface area contributed by atoms with E-state index in [1.165, 1.54) is 0 Å². The minimum atomic E-state index is 0.628. The number of nitriles is 1. The van der Waals surface area contributed by atoms with Crippen LogP contribution >= 0.6 is 0 Å². The van der Waals surface area contributed by atoms with Crippen molar-refractivity contribution in [3.8, 4) is 6.07 Å². The third kappa shape index (κ3) is 4.02. The largest absolute Gasteiger partial charge is 0.383 e. The van der Waals surface area contributed by atoms with E-state index in [0.717, 1.165) is 24.3 Å². The van der Waals surface area contributed by atoms with Crippen molar-refractivity contribution < 1.29 is 9.47 Å². The van der Waals surface area contributed by atoms with Gasteiger partial charge in [0.25, 0.3) is 0 Å². The molecule has 1 aromatic rings. The summed E-state index contributed by atoms with van der Waals surface area (Å²) in [5.41, 5.74) is 2.78. The van der Waals surface area contributed by atoms with E-state index >= 15 is 0 Å². The van der Waals surface area contributed by atoms with Crippen molar-refractivity contribution in [2.45, 2.75) is 6.92 Å². The normalized spacial score (nSPS) is 10.1. The molecule has 0 radical (unpaired) electrons. The fourth-order valence-corrected chi connectivity index (χ4v) is 1.75. The first-order valence-electron chi connectivity index (χ1n) is 5.96. The van der Waals surface area contributed by atoms with Gasteiger partial charge in [0.05, 0.1) is 24.5 Å². The van der Waals surface area contributed by atoms with Gasteiger partial charge in [0.1, 0.15) is 6.07 Å². The molecule has 4 heteroatoms. The summed E-state index contributed by atoms with van der Waals surface area (Å²) in [7, 11) is 3.35. The van der Waals surface area contributed by atoms with Crippen LogP contribution in [0, 0.1) is 18.3 Å². The van der Waals surface area contributed by atoms with Gasteiger partial charge in [-0.25, -0.2) is 0 Å². The Balaban J connectivity index is 2.95. The van der Waals surface area contributed by atoms with Crippen LogP contribution < -0.4 is 4.90 Å². The number of anilines is 1. The lowest BCUT2D eigenvalue weighted by Crippen LogP contribution is -2.31. The molecule has 0 N–H and O–H groups in total. The average molecular weight is 248 g/mol. The van der Waals surface area contributed by atoms with Crippen LogP contribution in [0.3, 0.4) is 0 Å². The molecular weight excluding hydrogens is 228 g/mol. The SMILES string of the molecule is COCCN(CCOC)c1cc(C)ccc1C#N. The molecule has 18 heavy (non-hydrogen) atoms. The third-order valence-corrected chi connectivity index (χ3v) is 2.75. The van der Waals surface area contributed by atoms with E-state index in [2.05, 4.69) is 11.0 Å². The highest BCUT2D eigenvalue weighted by atomic mass is 16.5. The summed E-state index contributed by atoms with van der Waals surface area (Å²) in [6.07, 6.45) is 0. The maximum absolute atomic E-state index is 9.17. The molecule has 0 saturated carbocycles. The minimum absolute atomic E-state index is 0.628. The topological polar surface area (TPSA) is 45.5 Å². The molecule has 0 unspecified atom stereocenters. The van der Waals surface area contributed by atoms with Gasteiger partial charge in [-0.15, -0.1) is 0 Å². The molecule has 0 aliphatic carbocycles. The first kappa shape index (κ1) is 14.5. The molecule has 0 aromatic heterocycles. The Hall–Kier alpha value is -1.57. The quantitative estimate of drug-likeness (QED) is 0.740. The van der Waals surface area contributed by atoms with Crippen LogP contribution in [0.1, 0.15) is 11.1 Å². The number of ether oxygens (including phenoxy) is 2. The van der Waals surface area contributed by atoms with Crippen molar-refractivity contribution >= 4 is 5.69 Å². The second kappa shape index (κ2) is 7.70. The van der Waals surface area contributed by atoms with Gasteiger partial charge in [0, 0.05) is 27.3 Å². The second-order valence-corrected chi connectivity index (χ2v) is 4.11. The molecule has 0 saturated heterocycles. The van der Waals surface area contributed by atoms with Gasteiger partial charge in [0.15, 0.2) is 0 Å². The summed E-state index contributed by atoms with van der Waals surface area (Å²) in [6.45, 7) is 4.77. The fraction of sp³-hybridized carbons (Fsp3) is 0.500. The van der Waals surface area contributed by atoms with E-state index in [4.69, 9.17) is 14.7 Å². The van der Waals surface area contributed by atoms with Crippen LogP contribution in [0.25, 0.3) is 0 Å². The average Bonchev–Trinajstić information content (AvgIpc) is 2.39. The molecule has 1 aromatic carbocycles. The zero-order valence-electron chi connectivity index (χ0n) is 11.3. The van der Waals surface area contributed by atoms with E-state index in [9.17, 15) is 0 Å². The van der Waals surface area contributed by atoms with Crippen molar-refractivity contribution in [1.29, 1.82) is 5.26 Å². The highest BCUT2D eigenvalue weighted by Crippen LogP contribution is 2.21. The maximum atomic E-state index is 9.17. The number of methoxy groups -OCH3 is 2. The molecule has 4 nitrogen and oxygen atoms in total. The van der Waals surface area contributed by atoms with Crippen LogP contribution in [0.5, 0.6) is 0 Å². The third-order valence-electron chi connectivity index (χ3n) is 2.75. The first-order valence-corrected chi connectivity index (χ1v) is 5.96. The van der Waals surface area contributed by atoms with Gasteiger partial charge in [-0.1, -0.05) is 6.07 Å². The monoisotopic (exact) mass is 248 g/mol. The summed E-state index contributed by atoms with van der Waals surface area (Å²) < 4.78 is 10.2. The molecule has 0 bridgehead atoms. The van der Waals surface area contributed by atoms with Crippen molar-refractivity contribution in [3.05, 3.63) is 29.3 Å². The molecule has 0 amide bonds. The van der Waals surface area contributed by atoms with Crippen molar-refractivity contribution in [2.75, 3.05) is 45.4 Å². The van der Waals surface area contributed by atoms with E-state index < -0.39 is 0 Å². The lowest BCUT2D eigenvalue weighted by molar-refractivity contribution is 0.190. The van der Waals surface area contributed by atoms with Gasteiger partial charge in [-0.3, -0.25) is 0 Å². The highest BCUT2D eigenvalue weighted by Gasteiger charge is 2.11. The second-order valence-electron chi connectivity index (χ2n) is 4.11. The predicted octanol–water partition coefficient (Wildman–Crippen LogP) is 1.97. The first-order chi connectivity index (χ1) is 8.72. The molecular formula is C14H20N2O2. The van der Waals surface area contributed by atoms with Crippen molar-refractivity contribution in [3.63, 3.8) is 0 Å². The number of hydrogen-bond donors (Lipinski definition) is 0. The summed E-state index contributed by atoms with van der Waals surface area (Å²) in [5.74, 6) is 0. The smallest absolute Gasteiger partial charge is 0.101 e. The Bertz CT molecular complexity index is 405. The number of nitrogens with zero attached hydrogens (tertiary/aromatic N) is 2. The van der Waals surface area contributed by atoms with Crippen LogP contribution in [0.2, 0.25) is 0 Å². The Morgan fingerprint density at radius 1 is 1.17 bits per heavy atom. The molecule has 98 valence electrons. The van der Waals surface area contributed by atoms with Crippen molar-refractivity contribution in [2.24, 2.45) is 0 Å². The number of rotatable bonds is 7. The zero-order valence-corrected chi connectivity index (χ0v) is 11.3. The molecule has 0 heterocycles. The van der Waals surface area contributed by atoms with Crippen LogP contribution in [-0.2, 0) is 9.47 Å². The van der Waals surface area contributed by atoms with Crippen LogP contribution in [-0.4, -0.2) is 40.5 Å². The number of benzene rings is 1. The highest BCUT2D eigenvalue weighted by molar-refractivity contribution is 5.60. The predicted molar refractivity (Wildman–Crippen MR) is 71.9 cm³/mol. The molecule has 1 rings (SSSR count). The lowest BCUT2D eigenvalue weighted by atomic mass is 10.1. The van der Waals surface area contributed by atoms with Gasteiger partial charge in [-0.2, -0.15) is 5.26 Å². The number of hydrogen-bond acceptors (Lipinski definition) is 4. The van der Waals surface area contributed by atoms with E-state index in [-0.39, 0.29) is 0 Å². The van der Waals surface area contributed by atoms with Crippen LogP contribution in [0.4, 0.5) is 5.69 Å². The summed E-state index contributed by atoms with van der Waals surface area (Å²) >= 11 is 0. The molecule has 0 fully saturated rings. The summed E-state index contributed by atoms with van der Waals surface area (Å²) in [4.78, 5) is 2.12. The molecule has 0 spiro atoms. The number of aryl methyl sites for hydroxylation is 1. The van der Waals surface area contributed by atoms with Gasteiger partial charge in [-0.05, 0) is 24.6 Å². The standard InChI is InChI=1S/C14H20N2O2/c1-12-4-5-13(11-15)14(10-12)16(6-8-17-2)7-9-18-3/h4-5,10H,6-9H2,1-3H3. The Kier molecular flexibility index (Phi) is 6.20. The Labute approximate surface area is 109 Å². The lowest BCUT2D eigenvalue weighted by Gasteiger charge is -2.25. The Morgan fingerprint density at radius 3 is 2.28 bits per heavy atom. The zero-order chi connectivity index (χ0) is 13.4. The van der Waals surface area contributed by atoms with E-state index in [0.29, 0.717) is 18.8 Å². The summed E-state index contributed by atoms with van der Waals surface area (Å²) in [5, 5.41) is 9.17. The Morgan fingerprint density at radius 2 is 1.78 bits per heavy atom. The fourth-order valence-electron chi connectivity index (χ4n) is 1.75. The summed E-state index contributed by atoms with van der Waals surface area (Å²) in [6, 6.07) is 8.07. The maximum Gasteiger partial charge on any atom is 0.101 e. The molecule has 0 aliphatic rings. The van der Waals surface area contributed by atoms with E-state index in [1.54, 1.807) is 14.2 Å². The van der Waals surface area contributed by atoms with Crippen molar-refractivity contribution in [1.82, 2.24) is 0 Å². The van der Waals surface area contributed by atoms with Crippen LogP contribution in [0.15, 0.2) is 18.2 Å². The van der Waals surface area contributed by atoms with Gasteiger partial charge < -0.3 is 14.4 Å². The molecule has 0 aliphatic heterocycles. The van der Waals surface area contributed by atoms with Gasteiger partial charge >= 0.3 is 0 Å². The van der Waals surface area contributed by atoms with Gasteiger partial charge in [0.2, 0.25) is 0 Å². The molecule has 0 atom stereocenters.